The Balaban J connectivity index is 1.31. The van der Waals surface area contributed by atoms with Crippen LogP contribution in [0.25, 0.3) is 44.9 Å². The lowest BCUT2D eigenvalue weighted by molar-refractivity contribution is 0.353. The summed E-state index contributed by atoms with van der Waals surface area (Å²) in [5.41, 5.74) is 11.3. The topological polar surface area (TPSA) is 25.8 Å². The summed E-state index contributed by atoms with van der Waals surface area (Å²) in [6.07, 6.45) is 6.41. The van der Waals surface area contributed by atoms with Crippen LogP contribution in [0.3, 0.4) is 0 Å². The molecule has 1 heterocycles. The van der Waals surface area contributed by atoms with Crippen LogP contribution in [0, 0.1) is 0 Å². The van der Waals surface area contributed by atoms with E-state index < -0.39 is 0 Å². The van der Waals surface area contributed by atoms with Crippen LogP contribution in [-0.2, 0) is 5.41 Å². The predicted molar refractivity (Wildman–Crippen MR) is 153 cm³/mol. The first-order valence-corrected chi connectivity index (χ1v) is 13.5. The molecule has 180 valence electrons. The number of hydrogen-bond acceptors (Lipinski definition) is 2. The second-order valence-electron chi connectivity index (χ2n) is 10.3. The zero-order valence-electron chi connectivity index (χ0n) is 20.6. The molecule has 0 aliphatic heterocycles. The lowest BCUT2D eigenvalue weighted by atomic mass is 9.67. The molecule has 0 atom stereocenters. The molecular formula is C34H27ClN2. The summed E-state index contributed by atoms with van der Waals surface area (Å²) in [7, 11) is 0. The Kier molecular flexibility index (Phi) is 5.44. The van der Waals surface area contributed by atoms with Gasteiger partial charge in [0.2, 0.25) is 0 Å². The van der Waals surface area contributed by atoms with Gasteiger partial charge >= 0.3 is 0 Å². The molecule has 0 N–H and O–H groups in total. The Bertz CT molecular complexity index is 1620. The molecule has 2 nitrogen and oxygen atoms in total. The highest BCUT2D eigenvalue weighted by Crippen LogP contribution is 2.56. The fourth-order valence-corrected chi connectivity index (χ4v) is 6.65. The number of halogens is 1. The van der Waals surface area contributed by atoms with E-state index in [4.69, 9.17) is 16.6 Å². The van der Waals surface area contributed by atoms with Gasteiger partial charge in [-0.15, -0.1) is 0 Å². The molecule has 37 heavy (non-hydrogen) atoms. The normalized spacial score (nSPS) is 15.4. The number of aromatic nitrogens is 2. The average molecular weight is 499 g/mol. The van der Waals surface area contributed by atoms with Crippen molar-refractivity contribution in [3.8, 4) is 44.9 Å². The maximum atomic E-state index is 6.45. The van der Waals surface area contributed by atoms with E-state index in [1.165, 1.54) is 65.5 Å². The van der Waals surface area contributed by atoms with Gasteiger partial charge < -0.3 is 0 Å². The van der Waals surface area contributed by atoms with Crippen LogP contribution >= 0.6 is 11.6 Å². The van der Waals surface area contributed by atoms with Gasteiger partial charge in [0.1, 0.15) is 5.15 Å². The smallest absolute Gasteiger partial charge is 0.161 e. The van der Waals surface area contributed by atoms with Crippen molar-refractivity contribution in [2.45, 2.75) is 37.5 Å². The monoisotopic (exact) mass is 498 g/mol. The highest BCUT2D eigenvalue weighted by molar-refractivity contribution is 6.29. The summed E-state index contributed by atoms with van der Waals surface area (Å²) in [5, 5.41) is 0.448. The van der Waals surface area contributed by atoms with Crippen LogP contribution in [-0.4, -0.2) is 9.97 Å². The molecule has 0 radical (unpaired) electrons. The molecule has 4 aromatic carbocycles. The molecule has 1 fully saturated rings. The van der Waals surface area contributed by atoms with E-state index in [0.717, 1.165) is 16.8 Å². The molecule has 0 saturated heterocycles. The van der Waals surface area contributed by atoms with E-state index >= 15 is 0 Å². The fourth-order valence-electron chi connectivity index (χ4n) is 6.47. The first-order chi connectivity index (χ1) is 18.2. The van der Waals surface area contributed by atoms with Gasteiger partial charge in [-0.05, 0) is 58.4 Å². The van der Waals surface area contributed by atoms with E-state index in [9.17, 15) is 0 Å². The van der Waals surface area contributed by atoms with Crippen LogP contribution in [0.2, 0.25) is 5.15 Å². The summed E-state index contributed by atoms with van der Waals surface area (Å²) in [6, 6.07) is 36.6. The highest BCUT2D eigenvalue weighted by atomic mass is 35.5. The number of fused-ring (bicyclic) bond motifs is 5. The van der Waals surface area contributed by atoms with Gasteiger partial charge in [-0.2, -0.15) is 0 Å². The van der Waals surface area contributed by atoms with Crippen LogP contribution in [0.1, 0.15) is 43.2 Å². The standard InChI is InChI=1S/C34H27ClN2/c35-32-22-31(36-33(37-32)23-10-3-1-4-11-23)26-13-9-12-24(20-26)25-16-17-28-27-14-5-6-15-29(27)34(30(28)21-25)18-7-2-8-19-34/h1,3-6,9-17,20-22H,2,7-8,18-19H2. The maximum Gasteiger partial charge on any atom is 0.161 e. The number of benzene rings is 4. The minimum Gasteiger partial charge on any atom is -0.228 e. The minimum absolute atomic E-state index is 0.155. The fraction of sp³-hybridized carbons (Fsp3) is 0.176. The quantitative estimate of drug-likeness (QED) is 0.231. The second-order valence-corrected chi connectivity index (χ2v) is 10.7. The number of hydrogen-bond donors (Lipinski definition) is 0. The molecule has 3 heteroatoms. The molecule has 0 unspecified atom stereocenters. The molecule has 5 aromatic rings. The SMILES string of the molecule is Clc1cc(-c2cccc(-c3ccc4c(c3)C3(CCCCC3)c3ccccc3-4)c2)nc(-c2ccccc2)n1. The molecule has 0 bridgehead atoms. The van der Waals surface area contributed by atoms with Crippen molar-refractivity contribution in [1.29, 1.82) is 0 Å². The van der Waals surface area contributed by atoms with E-state index in [2.05, 4.69) is 71.7 Å². The molecule has 2 aliphatic rings. The molecule has 0 amide bonds. The summed E-state index contributed by atoms with van der Waals surface area (Å²) in [4.78, 5) is 9.34. The lowest BCUT2D eigenvalue weighted by Gasteiger charge is -2.36. The lowest BCUT2D eigenvalue weighted by Crippen LogP contribution is -2.28. The summed E-state index contributed by atoms with van der Waals surface area (Å²) in [6.45, 7) is 0. The Morgan fingerprint density at radius 2 is 1.24 bits per heavy atom. The van der Waals surface area contributed by atoms with Crippen molar-refractivity contribution in [2.24, 2.45) is 0 Å². The zero-order chi connectivity index (χ0) is 24.8. The van der Waals surface area contributed by atoms with E-state index in [-0.39, 0.29) is 5.41 Å². The van der Waals surface area contributed by atoms with Crippen molar-refractivity contribution < 1.29 is 0 Å². The van der Waals surface area contributed by atoms with Gasteiger partial charge in [0, 0.05) is 22.6 Å². The predicted octanol–water partition coefficient (Wildman–Crippen LogP) is 9.36. The third-order valence-corrected chi connectivity index (χ3v) is 8.39. The third-order valence-electron chi connectivity index (χ3n) is 8.19. The van der Waals surface area contributed by atoms with Crippen LogP contribution in [0.4, 0.5) is 0 Å². The van der Waals surface area contributed by atoms with Crippen LogP contribution in [0.5, 0.6) is 0 Å². The number of nitrogens with zero attached hydrogens (tertiary/aromatic N) is 2. The Hall–Kier alpha value is -3.75. The Morgan fingerprint density at radius 1 is 0.541 bits per heavy atom. The second kappa shape index (κ2) is 8.97. The Morgan fingerprint density at radius 3 is 2.11 bits per heavy atom. The highest BCUT2D eigenvalue weighted by Gasteiger charge is 2.43. The molecule has 1 spiro atoms. The van der Waals surface area contributed by atoms with Gasteiger partial charge in [-0.3, -0.25) is 0 Å². The first kappa shape index (κ1) is 22.4. The van der Waals surface area contributed by atoms with Crippen molar-refractivity contribution >= 4 is 11.6 Å². The van der Waals surface area contributed by atoms with Crippen molar-refractivity contribution in [3.63, 3.8) is 0 Å². The zero-order valence-corrected chi connectivity index (χ0v) is 21.4. The molecule has 1 saturated carbocycles. The van der Waals surface area contributed by atoms with Crippen LogP contribution in [0.15, 0.2) is 103 Å². The van der Waals surface area contributed by atoms with Crippen LogP contribution < -0.4 is 0 Å². The molecule has 1 aromatic heterocycles. The van der Waals surface area contributed by atoms with Gasteiger partial charge in [0.05, 0.1) is 5.69 Å². The summed E-state index contributed by atoms with van der Waals surface area (Å²) in [5.74, 6) is 0.642. The molecule has 2 aliphatic carbocycles. The average Bonchev–Trinajstić information content (AvgIpc) is 3.22. The van der Waals surface area contributed by atoms with Gasteiger partial charge in [0.25, 0.3) is 0 Å². The first-order valence-electron chi connectivity index (χ1n) is 13.2. The maximum absolute atomic E-state index is 6.45. The van der Waals surface area contributed by atoms with Crippen molar-refractivity contribution in [3.05, 3.63) is 119 Å². The van der Waals surface area contributed by atoms with Gasteiger partial charge in [-0.1, -0.05) is 116 Å². The molecular weight excluding hydrogens is 472 g/mol. The Labute approximate surface area is 223 Å². The van der Waals surface area contributed by atoms with E-state index in [0.29, 0.717) is 11.0 Å². The van der Waals surface area contributed by atoms with Gasteiger partial charge in [0.15, 0.2) is 5.82 Å². The molecule has 7 rings (SSSR count). The van der Waals surface area contributed by atoms with Gasteiger partial charge in [-0.25, -0.2) is 9.97 Å². The summed E-state index contributed by atoms with van der Waals surface area (Å²) >= 11 is 6.45. The van der Waals surface area contributed by atoms with Crippen molar-refractivity contribution in [2.75, 3.05) is 0 Å². The van der Waals surface area contributed by atoms with E-state index in [1.807, 2.05) is 36.4 Å². The largest absolute Gasteiger partial charge is 0.228 e. The van der Waals surface area contributed by atoms with Crippen molar-refractivity contribution in [1.82, 2.24) is 9.97 Å². The summed E-state index contributed by atoms with van der Waals surface area (Å²) < 4.78 is 0. The minimum atomic E-state index is 0.155. The third kappa shape index (κ3) is 3.79. The van der Waals surface area contributed by atoms with E-state index in [1.54, 1.807) is 0 Å². The number of rotatable bonds is 3.